The van der Waals surface area contributed by atoms with Crippen LogP contribution in [0.4, 0.5) is 0 Å². The Morgan fingerprint density at radius 2 is 1.14 bits per heavy atom. The highest BCUT2D eigenvalue weighted by Gasteiger charge is 2.51. The summed E-state index contributed by atoms with van der Waals surface area (Å²) in [6.45, 7) is 0. The standard InChI is InChI=1S/C40H28N4S5/c41-19-23(20-42)15-25-7-9-29(45-25)27-17-32-33(39(27)11-3-1-4-12-39)36-38(48-32)34-37(49-36)35-28(40(34)13-5-2-6-14-40)18-31(47-35)30-10-8-26(46-30)16-24(21-43)22-44/h7-10,15-18H,1-6,11-14H2. The predicted molar refractivity (Wildman–Crippen MR) is 206 cm³/mol. The van der Waals surface area contributed by atoms with Crippen molar-refractivity contribution in [2.45, 2.75) is 75.0 Å². The Morgan fingerprint density at radius 3 is 1.78 bits per heavy atom. The first-order valence-corrected chi connectivity index (χ1v) is 20.8. The molecule has 0 unspecified atom stereocenters. The first-order valence-electron chi connectivity index (χ1n) is 16.7. The molecule has 5 heterocycles. The highest BCUT2D eigenvalue weighted by Crippen LogP contribution is 2.68. The summed E-state index contributed by atoms with van der Waals surface area (Å²) in [6.07, 6.45) is 18.2. The van der Waals surface area contributed by atoms with Gasteiger partial charge in [-0.05, 0) is 90.9 Å². The van der Waals surface area contributed by atoms with Crippen LogP contribution in [-0.4, -0.2) is 0 Å². The van der Waals surface area contributed by atoms with Crippen molar-refractivity contribution in [1.82, 2.24) is 0 Å². The Morgan fingerprint density at radius 1 is 0.571 bits per heavy atom. The molecule has 49 heavy (non-hydrogen) atoms. The minimum atomic E-state index is 0.0132. The Hall–Kier alpha value is -4.06. The summed E-state index contributed by atoms with van der Waals surface area (Å²) < 4.78 is 3.05. The van der Waals surface area contributed by atoms with Crippen molar-refractivity contribution < 1.29 is 0 Å². The monoisotopic (exact) mass is 724 g/mol. The number of hydrogen-bond donors (Lipinski definition) is 0. The van der Waals surface area contributed by atoms with Crippen LogP contribution >= 0.6 is 56.7 Å². The van der Waals surface area contributed by atoms with Gasteiger partial charge < -0.3 is 0 Å². The molecule has 4 aliphatic rings. The molecule has 0 radical (unpaired) electrons. The number of allylic oxidation sites excluding steroid dienone is 3. The number of fused-ring (bicyclic) bond motifs is 10. The van der Waals surface area contributed by atoms with E-state index in [-0.39, 0.29) is 22.0 Å². The average Bonchev–Trinajstić information content (AvgIpc) is 3.98. The molecule has 5 aromatic heterocycles. The van der Waals surface area contributed by atoms with Crippen LogP contribution in [0.2, 0.25) is 0 Å². The van der Waals surface area contributed by atoms with Crippen LogP contribution < -0.4 is 0 Å². The molecule has 2 fully saturated rings. The highest BCUT2D eigenvalue weighted by molar-refractivity contribution is 7.33. The fourth-order valence-electron chi connectivity index (χ4n) is 8.93. The molecule has 2 saturated carbocycles. The molecule has 0 atom stereocenters. The van der Waals surface area contributed by atoms with Gasteiger partial charge in [-0.25, -0.2) is 0 Å². The summed E-state index contributed by atoms with van der Waals surface area (Å²) in [5, 5.41) is 37.2. The molecule has 238 valence electrons. The molecular weight excluding hydrogens is 697 g/mol. The lowest BCUT2D eigenvalue weighted by Gasteiger charge is -2.37. The van der Waals surface area contributed by atoms with Gasteiger partial charge in [-0.3, -0.25) is 0 Å². The molecule has 9 heteroatoms. The van der Waals surface area contributed by atoms with Crippen molar-refractivity contribution in [2.75, 3.05) is 0 Å². The van der Waals surface area contributed by atoms with E-state index in [0.29, 0.717) is 0 Å². The van der Waals surface area contributed by atoms with Gasteiger partial charge >= 0.3 is 0 Å². The minimum absolute atomic E-state index is 0.0132. The van der Waals surface area contributed by atoms with Crippen LogP contribution in [0.25, 0.3) is 52.7 Å². The predicted octanol–water partition coefficient (Wildman–Crippen LogP) is 12.7. The first-order chi connectivity index (χ1) is 24.0. The lowest BCUT2D eigenvalue weighted by Crippen LogP contribution is -2.28. The molecule has 0 aromatic carbocycles. The molecular formula is C40H28N4S5. The molecule has 2 spiro atoms. The van der Waals surface area contributed by atoms with E-state index < -0.39 is 0 Å². The van der Waals surface area contributed by atoms with Crippen LogP contribution in [0.5, 0.6) is 0 Å². The maximum atomic E-state index is 9.34. The van der Waals surface area contributed by atoms with E-state index in [1.807, 2.05) is 53.0 Å². The van der Waals surface area contributed by atoms with Crippen LogP contribution in [0, 0.1) is 45.3 Å². The Kier molecular flexibility index (Phi) is 7.44. The number of nitrogens with zero attached hydrogens (tertiary/aromatic N) is 4. The maximum absolute atomic E-state index is 9.34. The summed E-state index contributed by atoms with van der Waals surface area (Å²) in [5.74, 6) is 0. The van der Waals surface area contributed by atoms with Crippen molar-refractivity contribution in [3.63, 3.8) is 0 Å². The van der Waals surface area contributed by atoms with Crippen molar-refractivity contribution in [3.8, 4) is 43.8 Å². The smallest absolute Gasteiger partial charge is 0.131 e. The van der Waals surface area contributed by atoms with E-state index in [1.54, 1.807) is 46.0 Å². The lowest BCUT2D eigenvalue weighted by molar-refractivity contribution is 0.356. The number of hydrogen-bond acceptors (Lipinski definition) is 9. The molecule has 4 aliphatic carbocycles. The van der Waals surface area contributed by atoms with Gasteiger partial charge in [0.15, 0.2) is 0 Å². The summed E-state index contributed by atoms with van der Waals surface area (Å²) >= 11 is 9.38. The first kappa shape index (κ1) is 31.0. The molecule has 5 aromatic rings. The summed E-state index contributed by atoms with van der Waals surface area (Å²) in [5.41, 5.74) is 6.53. The van der Waals surface area contributed by atoms with E-state index in [9.17, 15) is 21.0 Å². The van der Waals surface area contributed by atoms with E-state index in [1.165, 1.54) is 114 Å². The molecule has 0 amide bonds. The zero-order chi connectivity index (χ0) is 33.3. The second-order valence-corrected chi connectivity index (χ2v) is 18.8. The lowest BCUT2D eigenvalue weighted by atomic mass is 9.66. The Labute approximate surface area is 305 Å². The quantitative estimate of drug-likeness (QED) is 0.172. The van der Waals surface area contributed by atoms with Crippen molar-refractivity contribution in [1.29, 1.82) is 21.0 Å². The molecule has 0 bridgehead atoms. The van der Waals surface area contributed by atoms with Crippen molar-refractivity contribution in [3.05, 3.63) is 77.7 Å². The molecule has 0 saturated heterocycles. The van der Waals surface area contributed by atoms with Gasteiger partial charge in [-0.2, -0.15) is 21.0 Å². The summed E-state index contributed by atoms with van der Waals surface area (Å²) in [4.78, 5) is 10.0. The van der Waals surface area contributed by atoms with Gasteiger partial charge in [0.25, 0.3) is 0 Å². The normalized spacial score (nSPS) is 17.8. The number of rotatable bonds is 4. The second kappa shape index (κ2) is 11.8. The third kappa shape index (κ3) is 4.58. The van der Waals surface area contributed by atoms with E-state index >= 15 is 0 Å². The Bertz CT molecular complexity index is 2430. The topological polar surface area (TPSA) is 95.2 Å². The molecule has 0 aliphatic heterocycles. The third-order valence-electron chi connectivity index (χ3n) is 11.0. The van der Waals surface area contributed by atoms with Crippen LogP contribution in [0.1, 0.15) is 100 Å². The molecule has 4 nitrogen and oxygen atoms in total. The van der Waals surface area contributed by atoms with Gasteiger partial charge in [0.2, 0.25) is 0 Å². The van der Waals surface area contributed by atoms with Crippen molar-refractivity contribution in [2.24, 2.45) is 0 Å². The van der Waals surface area contributed by atoms with E-state index in [4.69, 9.17) is 0 Å². The van der Waals surface area contributed by atoms with Gasteiger partial charge in [0, 0.05) is 50.5 Å². The summed E-state index contributed by atoms with van der Waals surface area (Å²) in [6, 6.07) is 18.9. The fraction of sp³-hybridized carbons (Fsp3) is 0.300. The van der Waals surface area contributed by atoms with E-state index in [2.05, 4.69) is 41.7 Å². The number of thiophene rings is 5. The van der Waals surface area contributed by atoms with Gasteiger partial charge in [-0.1, -0.05) is 38.5 Å². The minimum Gasteiger partial charge on any atom is -0.192 e. The zero-order valence-electron chi connectivity index (χ0n) is 26.5. The fourth-order valence-corrected chi connectivity index (χ4v) is 15.7. The third-order valence-corrected chi connectivity index (χ3v) is 17.1. The zero-order valence-corrected chi connectivity index (χ0v) is 30.6. The maximum Gasteiger partial charge on any atom is 0.131 e. The summed E-state index contributed by atoms with van der Waals surface area (Å²) in [7, 11) is 0. The highest BCUT2D eigenvalue weighted by atomic mass is 32.1. The van der Waals surface area contributed by atoms with E-state index in [0.717, 1.165) is 9.75 Å². The van der Waals surface area contributed by atoms with Gasteiger partial charge in [0.1, 0.15) is 35.4 Å². The SMILES string of the molecule is N#CC(C#N)=Cc1ccc(C2=Cc3sc4c5c(sc4c3C23CCCCC3)-c2sc(-c3ccc(C=C(C#N)C#N)s3)cc2C52CCCCC2)s1. The number of nitriles is 4. The van der Waals surface area contributed by atoms with Crippen molar-refractivity contribution >= 4 is 89.9 Å². The molecule has 9 rings (SSSR count). The second-order valence-electron chi connectivity index (χ2n) is 13.5. The van der Waals surface area contributed by atoms with Crippen LogP contribution in [0.3, 0.4) is 0 Å². The molecule has 0 N–H and O–H groups in total. The Balaban J connectivity index is 1.18. The van der Waals surface area contributed by atoms with Crippen LogP contribution in [-0.2, 0) is 10.8 Å². The van der Waals surface area contributed by atoms with Gasteiger partial charge in [0.05, 0.1) is 14.3 Å². The van der Waals surface area contributed by atoms with Gasteiger partial charge in [-0.15, -0.1) is 56.7 Å². The largest absolute Gasteiger partial charge is 0.192 e. The average molecular weight is 725 g/mol. The van der Waals surface area contributed by atoms with Crippen LogP contribution in [0.15, 0.2) is 41.5 Å².